The molecule has 19 heavy (non-hydrogen) atoms. The molecular formula is C9H10N4O4S2. The Balaban J connectivity index is 1.87. The highest BCUT2D eigenvalue weighted by Crippen LogP contribution is 2.25. The Hall–Kier alpha value is -1.68. The fourth-order valence-electron chi connectivity index (χ4n) is 1.45. The Kier molecular flexibility index (Phi) is 4.32. The molecule has 0 aromatic carbocycles. The van der Waals surface area contributed by atoms with Gasteiger partial charge in [0.2, 0.25) is 16.9 Å². The molecule has 1 aromatic rings. The molecule has 0 bridgehead atoms. The third-order valence-electron chi connectivity index (χ3n) is 2.27. The Morgan fingerprint density at radius 3 is 2.95 bits per heavy atom. The van der Waals surface area contributed by atoms with Gasteiger partial charge < -0.3 is 10.4 Å². The summed E-state index contributed by atoms with van der Waals surface area (Å²) in [5.41, 5.74) is 0. The van der Waals surface area contributed by atoms with E-state index in [0.717, 1.165) is 23.1 Å². The number of aliphatic carboxylic acids is 1. The average molecular weight is 302 g/mol. The molecule has 1 saturated heterocycles. The van der Waals surface area contributed by atoms with Gasteiger partial charge in [-0.1, -0.05) is 23.1 Å². The van der Waals surface area contributed by atoms with E-state index >= 15 is 0 Å². The summed E-state index contributed by atoms with van der Waals surface area (Å²) in [5, 5.41) is 21.4. The molecule has 2 amide bonds. The van der Waals surface area contributed by atoms with Gasteiger partial charge in [-0.2, -0.15) is 0 Å². The number of carbonyl (C=O) groups is 3. The van der Waals surface area contributed by atoms with Gasteiger partial charge in [0, 0.05) is 6.42 Å². The summed E-state index contributed by atoms with van der Waals surface area (Å²) in [5.74, 6) is -1.53. The number of nitrogens with one attached hydrogen (secondary N) is 2. The minimum Gasteiger partial charge on any atom is -0.481 e. The van der Waals surface area contributed by atoms with Crippen LogP contribution in [-0.4, -0.2) is 44.9 Å². The Labute approximate surface area is 116 Å². The van der Waals surface area contributed by atoms with Gasteiger partial charge in [-0.25, -0.2) is 0 Å². The Morgan fingerprint density at radius 1 is 1.53 bits per heavy atom. The number of hydrogen-bond donors (Lipinski definition) is 3. The molecule has 0 radical (unpaired) electrons. The molecule has 1 atom stereocenters. The highest BCUT2D eigenvalue weighted by atomic mass is 32.2. The van der Waals surface area contributed by atoms with E-state index in [4.69, 9.17) is 5.11 Å². The summed E-state index contributed by atoms with van der Waals surface area (Å²) >= 11 is 2.13. The van der Waals surface area contributed by atoms with Gasteiger partial charge in [-0.15, -0.1) is 10.2 Å². The van der Waals surface area contributed by atoms with Crippen LogP contribution in [0.5, 0.6) is 0 Å². The van der Waals surface area contributed by atoms with Crippen molar-refractivity contribution in [2.24, 2.45) is 0 Å². The van der Waals surface area contributed by atoms with E-state index in [2.05, 4.69) is 20.8 Å². The zero-order valence-corrected chi connectivity index (χ0v) is 11.2. The van der Waals surface area contributed by atoms with Crippen LogP contribution in [0.2, 0.25) is 0 Å². The summed E-state index contributed by atoms with van der Waals surface area (Å²) in [6.07, 6.45) is 0.804. The van der Waals surface area contributed by atoms with Crippen LogP contribution < -0.4 is 10.6 Å². The number of carbonyl (C=O) groups excluding carboxylic acids is 2. The van der Waals surface area contributed by atoms with Crippen molar-refractivity contribution in [2.75, 3.05) is 11.1 Å². The monoisotopic (exact) mass is 302 g/mol. The maximum Gasteiger partial charge on any atom is 0.313 e. The van der Waals surface area contributed by atoms with Gasteiger partial charge in [-0.05, 0) is 6.42 Å². The van der Waals surface area contributed by atoms with Crippen molar-refractivity contribution in [3.8, 4) is 0 Å². The second kappa shape index (κ2) is 5.97. The summed E-state index contributed by atoms with van der Waals surface area (Å²) in [4.78, 5) is 33.1. The fraction of sp³-hybridized carbons (Fsp3) is 0.444. The molecule has 1 aromatic heterocycles. The van der Waals surface area contributed by atoms with E-state index < -0.39 is 12.0 Å². The number of thioether (sulfide) groups is 1. The predicted octanol–water partition coefficient (Wildman–Crippen LogP) is -0.0681. The van der Waals surface area contributed by atoms with E-state index in [1.165, 1.54) is 0 Å². The van der Waals surface area contributed by atoms with Gasteiger partial charge in [0.1, 0.15) is 6.04 Å². The minimum absolute atomic E-state index is 0.110. The lowest BCUT2D eigenvalue weighted by Crippen LogP contribution is -2.37. The smallest absolute Gasteiger partial charge is 0.313 e. The third-order valence-corrected chi connectivity index (χ3v) is 4.22. The number of nitrogens with zero attached hydrogens (tertiary/aromatic N) is 2. The van der Waals surface area contributed by atoms with Crippen LogP contribution in [-0.2, 0) is 14.4 Å². The van der Waals surface area contributed by atoms with Crippen LogP contribution in [0, 0.1) is 0 Å². The van der Waals surface area contributed by atoms with Crippen molar-refractivity contribution in [1.29, 1.82) is 0 Å². The van der Waals surface area contributed by atoms with E-state index in [-0.39, 0.29) is 17.6 Å². The van der Waals surface area contributed by atoms with Crippen molar-refractivity contribution < 1.29 is 19.5 Å². The summed E-state index contributed by atoms with van der Waals surface area (Å²) in [6.45, 7) is 0. The maximum absolute atomic E-state index is 11.7. The van der Waals surface area contributed by atoms with Crippen molar-refractivity contribution in [1.82, 2.24) is 15.5 Å². The van der Waals surface area contributed by atoms with Crippen LogP contribution in [0.25, 0.3) is 0 Å². The van der Waals surface area contributed by atoms with Crippen LogP contribution >= 0.6 is 23.1 Å². The van der Waals surface area contributed by atoms with Gasteiger partial charge >= 0.3 is 5.97 Å². The standard InChI is InChI=1S/C9H10N4O4S2/c14-5-2-1-4(10-5)7(17)11-8-12-13-9(19-8)18-3-6(15)16/h4H,1-3H2,(H,10,14)(H,15,16)(H,11,12,17)/t4-/m0/s1. The van der Waals surface area contributed by atoms with Crippen LogP contribution in [0.3, 0.4) is 0 Å². The lowest BCUT2D eigenvalue weighted by molar-refractivity contribution is -0.134. The SMILES string of the molecule is O=C(O)CSc1nnc(NC(=O)[C@@H]2CCC(=O)N2)s1. The van der Waals surface area contributed by atoms with Crippen molar-refractivity contribution in [3.63, 3.8) is 0 Å². The second-order valence-corrected chi connectivity index (χ2v) is 5.90. The van der Waals surface area contributed by atoms with Crippen molar-refractivity contribution >= 4 is 46.0 Å². The molecule has 2 rings (SSSR count). The minimum atomic E-state index is -0.945. The largest absolute Gasteiger partial charge is 0.481 e. The topological polar surface area (TPSA) is 121 Å². The molecule has 1 aliphatic rings. The first-order valence-electron chi connectivity index (χ1n) is 5.33. The molecule has 0 unspecified atom stereocenters. The van der Waals surface area contributed by atoms with Crippen molar-refractivity contribution in [3.05, 3.63) is 0 Å². The lowest BCUT2D eigenvalue weighted by Gasteiger charge is -2.07. The third kappa shape index (κ3) is 3.89. The van der Waals surface area contributed by atoms with Crippen LogP contribution in [0.1, 0.15) is 12.8 Å². The summed E-state index contributed by atoms with van der Waals surface area (Å²) in [6, 6.07) is -0.536. The maximum atomic E-state index is 11.7. The highest BCUT2D eigenvalue weighted by Gasteiger charge is 2.27. The van der Waals surface area contributed by atoms with Gasteiger partial charge in [-0.3, -0.25) is 19.7 Å². The first-order chi connectivity index (χ1) is 9.04. The van der Waals surface area contributed by atoms with Gasteiger partial charge in [0.05, 0.1) is 5.75 Å². The van der Waals surface area contributed by atoms with Gasteiger partial charge in [0.25, 0.3) is 0 Å². The normalized spacial score (nSPS) is 18.1. The fourth-order valence-corrected chi connectivity index (χ4v) is 2.92. The molecule has 2 heterocycles. The number of anilines is 1. The molecular weight excluding hydrogens is 292 g/mol. The second-order valence-electron chi connectivity index (χ2n) is 3.70. The first-order valence-corrected chi connectivity index (χ1v) is 7.13. The average Bonchev–Trinajstić information content (AvgIpc) is 2.95. The zero-order valence-electron chi connectivity index (χ0n) is 9.58. The highest BCUT2D eigenvalue weighted by molar-refractivity contribution is 8.01. The molecule has 102 valence electrons. The summed E-state index contributed by atoms with van der Waals surface area (Å²) < 4.78 is 0.466. The number of rotatable bonds is 5. The molecule has 8 nitrogen and oxygen atoms in total. The molecule has 10 heteroatoms. The molecule has 1 aliphatic heterocycles. The van der Waals surface area contributed by atoms with Crippen LogP contribution in [0.15, 0.2) is 4.34 Å². The van der Waals surface area contributed by atoms with Gasteiger partial charge in [0.15, 0.2) is 4.34 Å². The Bertz CT molecular complexity index is 518. The number of carboxylic acids is 1. The predicted molar refractivity (Wildman–Crippen MR) is 68.1 cm³/mol. The van der Waals surface area contributed by atoms with Crippen molar-refractivity contribution in [2.45, 2.75) is 23.2 Å². The lowest BCUT2D eigenvalue weighted by atomic mass is 10.2. The Morgan fingerprint density at radius 2 is 2.32 bits per heavy atom. The molecule has 0 spiro atoms. The first kappa shape index (κ1) is 13.7. The summed E-state index contributed by atoms with van der Waals surface area (Å²) in [7, 11) is 0. The number of carboxylic acid groups (broad SMARTS) is 1. The molecule has 3 N–H and O–H groups in total. The molecule has 0 aliphatic carbocycles. The quantitative estimate of drug-likeness (QED) is 0.514. The number of aromatic nitrogens is 2. The van der Waals surface area contributed by atoms with E-state index in [0.29, 0.717) is 22.3 Å². The van der Waals surface area contributed by atoms with E-state index in [1.807, 2.05) is 0 Å². The molecule has 1 fully saturated rings. The van der Waals surface area contributed by atoms with E-state index in [1.54, 1.807) is 0 Å². The number of amides is 2. The molecule has 0 saturated carbocycles. The van der Waals surface area contributed by atoms with Crippen LogP contribution in [0.4, 0.5) is 5.13 Å². The zero-order chi connectivity index (χ0) is 13.8. The number of hydrogen-bond acceptors (Lipinski definition) is 7. The van der Waals surface area contributed by atoms with E-state index in [9.17, 15) is 14.4 Å².